The van der Waals surface area contributed by atoms with Crippen molar-refractivity contribution < 1.29 is 0 Å². The topological polar surface area (TPSA) is 43.6 Å². The third-order valence-electron chi connectivity index (χ3n) is 3.70. The summed E-state index contributed by atoms with van der Waals surface area (Å²) >= 11 is 1.72. The van der Waals surface area contributed by atoms with Gasteiger partial charge in [0.2, 0.25) is 0 Å². The van der Waals surface area contributed by atoms with Crippen LogP contribution in [0.2, 0.25) is 0 Å². The molecule has 104 valence electrons. The SMILES string of the molecule is CCc1cc(CC)n(-c2ncnc3sc(C)c(C)c23)n1. The molecule has 0 bridgehead atoms. The zero-order valence-corrected chi connectivity index (χ0v) is 13.1. The van der Waals surface area contributed by atoms with Crippen molar-refractivity contribution >= 4 is 21.6 Å². The van der Waals surface area contributed by atoms with Gasteiger partial charge in [0.1, 0.15) is 11.2 Å². The van der Waals surface area contributed by atoms with Crippen LogP contribution in [0.5, 0.6) is 0 Å². The van der Waals surface area contributed by atoms with E-state index >= 15 is 0 Å². The first-order chi connectivity index (χ1) is 9.65. The maximum atomic E-state index is 4.70. The van der Waals surface area contributed by atoms with Crippen molar-refractivity contribution in [3.63, 3.8) is 0 Å². The first-order valence-electron chi connectivity index (χ1n) is 6.94. The van der Waals surface area contributed by atoms with Crippen LogP contribution in [0.25, 0.3) is 16.0 Å². The molecule has 3 aromatic rings. The number of hydrogen-bond donors (Lipinski definition) is 0. The number of aryl methyl sites for hydroxylation is 4. The summed E-state index contributed by atoms with van der Waals surface area (Å²) < 4.78 is 1.99. The summed E-state index contributed by atoms with van der Waals surface area (Å²) in [6, 6.07) is 2.17. The number of nitrogens with zero attached hydrogens (tertiary/aromatic N) is 4. The largest absolute Gasteiger partial charge is 0.225 e. The minimum Gasteiger partial charge on any atom is -0.225 e. The maximum Gasteiger partial charge on any atom is 0.165 e. The van der Waals surface area contributed by atoms with E-state index in [0.717, 1.165) is 34.6 Å². The normalized spacial score (nSPS) is 11.4. The highest BCUT2D eigenvalue weighted by atomic mass is 32.1. The second kappa shape index (κ2) is 4.98. The first kappa shape index (κ1) is 13.2. The van der Waals surface area contributed by atoms with Gasteiger partial charge in [-0.2, -0.15) is 5.10 Å². The number of hydrogen-bond acceptors (Lipinski definition) is 4. The zero-order chi connectivity index (χ0) is 14.3. The lowest BCUT2D eigenvalue weighted by atomic mass is 10.2. The molecule has 3 aromatic heterocycles. The minimum absolute atomic E-state index is 0.911. The summed E-state index contributed by atoms with van der Waals surface area (Å²) in [7, 11) is 0. The lowest BCUT2D eigenvalue weighted by Gasteiger charge is -2.06. The Morgan fingerprint density at radius 2 is 1.95 bits per heavy atom. The summed E-state index contributed by atoms with van der Waals surface area (Å²) in [4.78, 5) is 11.2. The summed E-state index contributed by atoms with van der Waals surface area (Å²) in [6.45, 7) is 8.54. The van der Waals surface area contributed by atoms with Crippen LogP contribution in [-0.2, 0) is 12.8 Å². The van der Waals surface area contributed by atoms with Gasteiger partial charge in [-0.15, -0.1) is 11.3 Å². The van der Waals surface area contributed by atoms with Gasteiger partial charge in [0, 0.05) is 10.6 Å². The minimum atomic E-state index is 0.911. The second-order valence-corrected chi connectivity index (χ2v) is 6.11. The number of thiophene rings is 1. The molecule has 0 saturated heterocycles. The average molecular weight is 286 g/mol. The van der Waals surface area contributed by atoms with E-state index in [1.165, 1.54) is 16.1 Å². The van der Waals surface area contributed by atoms with Gasteiger partial charge in [0.15, 0.2) is 5.82 Å². The molecule has 0 radical (unpaired) electrons. The predicted octanol–water partition coefficient (Wildman–Crippen LogP) is 3.62. The van der Waals surface area contributed by atoms with Crippen molar-refractivity contribution in [1.29, 1.82) is 0 Å². The predicted molar refractivity (Wildman–Crippen MR) is 82.8 cm³/mol. The van der Waals surface area contributed by atoms with E-state index < -0.39 is 0 Å². The zero-order valence-electron chi connectivity index (χ0n) is 12.3. The first-order valence-corrected chi connectivity index (χ1v) is 7.76. The fourth-order valence-corrected chi connectivity index (χ4v) is 3.40. The number of fused-ring (bicyclic) bond motifs is 1. The molecule has 5 heteroatoms. The van der Waals surface area contributed by atoms with Gasteiger partial charge in [0.05, 0.1) is 11.1 Å². The van der Waals surface area contributed by atoms with Gasteiger partial charge in [-0.3, -0.25) is 0 Å². The van der Waals surface area contributed by atoms with Crippen molar-refractivity contribution in [2.24, 2.45) is 0 Å². The number of rotatable bonds is 3. The van der Waals surface area contributed by atoms with Crippen molar-refractivity contribution in [2.45, 2.75) is 40.5 Å². The standard InChI is InChI=1S/C15H18N4S/c1-5-11-7-12(6-2)19(18-11)14-13-9(3)10(4)20-15(13)17-8-16-14/h7-8H,5-6H2,1-4H3. The second-order valence-electron chi connectivity index (χ2n) is 4.91. The Balaban J connectivity index is 2.31. The maximum absolute atomic E-state index is 4.70. The molecule has 0 aromatic carbocycles. The highest BCUT2D eigenvalue weighted by Crippen LogP contribution is 2.32. The van der Waals surface area contributed by atoms with Crippen LogP contribution in [-0.4, -0.2) is 19.7 Å². The third-order valence-corrected chi connectivity index (χ3v) is 4.82. The average Bonchev–Trinajstić information content (AvgIpc) is 3.00. The Morgan fingerprint density at radius 1 is 1.15 bits per heavy atom. The molecule has 0 spiro atoms. The van der Waals surface area contributed by atoms with Crippen molar-refractivity contribution in [3.8, 4) is 5.82 Å². The Labute approximate surface area is 122 Å². The smallest absolute Gasteiger partial charge is 0.165 e. The lowest BCUT2D eigenvalue weighted by molar-refractivity contribution is 0.776. The summed E-state index contributed by atoms with van der Waals surface area (Å²) in [6.07, 6.45) is 3.52. The van der Waals surface area contributed by atoms with E-state index in [2.05, 4.69) is 43.7 Å². The Kier molecular flexibility index (Phi) is 3.30. The van der Waals surface area contributed by atoms with Crippen LogP contribution in [0.3, 0.4) is 0 Å². The molecule has 0 saturated carbocycles. The van der Waals surface area contributed by atoms with Gasteiger partial charge >= 0.3 is 0 Å². The molecule has 0 aliphatic heterocycles. The Bertz CT molecular complexity index is 770. The Hall–Kier alpha value is -1.75. The highest BCUT2D eigenvalue weighted by molar-refractivity contribution is 7.18. The highest BCUT2D eigenvalue weighted by Gasteiger charge is 2.16. The van der Waals surface area contributed by atoms with Gasteiger partial charge in [0.25, 0.3) is 0 Å². The van der Waals surface area contributed by atoms with E-state index in [1.807, 2.05) is 4.68 Å². The van der Waals surface area contributed by atoms with Crippen molar-refractivity contribution in [3.05, 3.63) is 34.2 Å². The lowest BCUT2D eigenvalue weighted by Crippen LogP contribution is -2.05. The number of aromatic nitrogens is 4. The quantitative estimate of drug-likeness (QED) is 0.738. The molecule has 0 N–H and O–H groups in total. The fraction of sp³-hybridized carbons (Fsp3) is 0.400. The van der Waals surface area contributed by atoms with Gasteiger partial charge in [-0.25, -0.2) is 14.6 Å². The van der Waals surface area contributed by atoms with Crippen LogP contribution >= 0.6 is 11.3 Å². The molecule has 3 rings (SSSR count). The molecule has 0 aliphatic carbocycles. The molecule has 0 fully saturated rings. The fourth-order valence-electron chi connectivity index (χ4n) is 2.41. The summed E-state index contributed by atoms with van der Waals surface area (Å²) in [5, 5.41) is 5.84. The van der Waals surface area contributed by atoms with Crippen molar-refractivity contribution in [1.82, 2.24) is 19.7 Å². The molecular weight excluding hydrogens is 268 g/mol. The summed E-state index contributed by atoms with van der Waals surface area (Å²) in [5.41, 5.74) is 3.57. The Morgan fingerprint density at radius 3 is 2.65 bits per heavy atom. The molecule has 4 nitrogen and oxygen atoms in total. The van der Waals surface area contributed by atoms with Gasteiger partial charge in [-0.1, -0.05) is 13.8 Å². The van der Waals surface area contributed by atoms with E-state index in [-0.39, 0.29) is 0 Å². The molecule has 0 aliphatic rings. The molecule has 0 atom stereocenters. The van der Waals surface area contributed by atoms with Gasteiger partial charge < -0.3 is 0 Å². The molecule has 0 unspecified atom stereocenters. The molecule has 20 heavy (non-hydrogen) atoms. The van der Waals surface area contributed by atoms with E-state index in [0.29, 0.717) is 0 Å². The van der Waals surface area contributed by atoms with Crippen LogP contribution < -0.4 is 0 Å². The van der Waals surface area contributed by atoms with Crippen LogP contribution in [0.15, 0.2) is 12.4 Å². The molecule has 3 heterocycles. The van der Waals surface area contributed by atoms with E-state index in [1.54, 1.807) is 17.7 Å². The molecule has 0 amide bonds. The van der Waals surface area contributed by atoms with E-state index in [9.17, 15) is 0 Å². The van der Waals surface area contributed by atoms with Crippen LogP contribution in [0.4, 0.5) is 0 Å². The third kappa shape index (κ3) is 1.93. The summed E-state index contributed by atoms with van der Waals surface area (Å²) in [5.74, 6) is 0.911. The van der Waals surface area contributed by atoms with Crippen LogP contribution in [0.1, 0.15) is 35.7 Å². The van der Waals surface area contributed by atoms with Crippen LogP contribution in [0, 0.1) is 13.8 Å². The molecular formula is C15H18N4S. The van der Waals surface area contributed by atoms with Crippen molar-refractivity contribution in [2.75, 3.05) is 0 Å². The van der Waals surface area contributed by atoms with Gasteiger partial charge in [-0.05, 0) is 38.3 Å². The van der Waals surface area contributed by atoms with E-state index in [4.69, 9.17) is 5.10 Å². The monoisotopic (exact) mass is 286 g/mol.